The van der Waals surface area contributed by atoms with Crippen LogP contribution in [0, 0.1) is 6.92 Å². The molecule has 3 aromatic rings. The number of halogens is 1. The van der Waals surface area contributed by atoms with Gasteiger partial charge < -0.3 is 14.0 Å². The Hall–Kier alpha value is -3.15. The number of hydrogen-bond donors (Lipinski definition) is 1. The molecule has 1 aromatic heterocycles. The topological polar surface area (TPSA) is 124 Å². The molecule has 33 heavy (non-hydrogen) atoms. The van der Waals surface area contributed by atoms with E-state index in [0.29, 0.717) is 35.3 Å². The van der Waals surface area contributed by atoms with Crippen LogP contribution in [0.15, 0.2) is 45.8 Å². The van der Waals surface area contributed by atoms with Crippen LogP contribution < -0.4 is 19.1 Å². The molecule has 1 amide bonds. The Labute approximate surface area is 195 Å². The third-order valence-corrected chi connectivity index (χ3v) is 6.71. The van der Waals surface area contributed by atoms with Gasteiger partial charge in [-0.05, 0) is 19.1 Å². The third kappa shape index (κ3) is 4.95. The molecular weight excluding hydrogens is 472 g/mol. The van der Waals surface area contributed by atoms with Crippen LogP contribution in [0.3, 0.4) is 0 Å². The van der Waals surface area contributed by atoms with E-state index in [1.165, 1.54) is 17.0 Å². The molecule has 0 saturated heterocycles. The summed E-state index contributed by atoms with van der Waals surface area (Å²) in [5.74, 6) is 1.11. The molecule has 0 aliphatic carbocycles. The van der Waals surface area contributed by atoms with E-state index in [4.69, 9.17) is 25.6 Å². The maximum absolute atomic E-state index is 13.0. The van der Waals surface area contributed by atoms with Gasteiger partial charge in [-0.25, -0.2) is 13.1 Å². The van der Waals surface area contributed by atoms with Crippen molar-refractivity contribution in [1.29, 1.82) is 0 Å². The molecule has 174 valence electrons. The van der Waals surface area contributed by atoms with Crippen LogP contribution in [0.1, 0.15) is 24.2 Å². The summed E-state index contributed by atoms with van der Waals surface area (Å²) in [6.45, 7) is 3.72. The summed E-state index contributed by atoms with van der Waals surface area (Å²) in [6, 6.07) is 9.82. The number of benzene rings is 2. The number of anilines is 1. The molecule has 4 rings (SSSR count). The minimum Gasteiger partial charge on any atom is -0.494 e. The van der Waals surface area contributed by atoms with Crippen molar-refractivity contribution < 1.29 is 27.2 Å². The summed E-state index contributed by atoms with van der Waals surface area (Å²) < 4.78 is 44.6. The molecule has 0 fully saturated rings. The highest BCUT2D eigenvalue weighted by atomic mass is 35.5. The second-order valence-corrected chi connectivity index (χ2v) is 9.26. The number of ether oxygens (including phenoxy) is 2. The van der Waals surface area contributed by atoms with Gasteiger partial charge >= 0.3 is 0 Å². The zero-order valence-corrected chi connectivity index (χ0v) is 19.4. The van der Waals surface area contributed by atoms with E-state index < -0.39 is 10.0 Å². The van der Waals surface area contributed by atoms with Crippen molar-refractivity contribution in [2.24, 2.45) is 0 Å². The van der Waals surface area contributed by atoms with Gasteiger partial charge in [0.25, 0.3) is 5.91 Å². The second kappa shape index (κ2) is 9.38. The largest absolute Gasteiger partial charge is 0.494 e. The Kier molecular flexibility index (Phi) is 6.54. The molecule has 10 nitrogen and oxygen atoms in total. The van der Waals surface area contributed by atoms with Gasteiger partial charge in [-0.3, -0.25) is 9.69 Å². The molecule has 0 radical (unpaired) electrons. The molecular formula is C21H21ClN4O6S. The maximum atomic E-state index is 13.0. The van der Waals surface area contributed by atoms with Crippen molar-refractivity contribution in [2.75, 3.05) is 18.1 Å². The lowest BCUT2D eigenvalue weighted by molar-refractivity contribution is -0.121. The van der Waals surface area contributed by atoms with Crippen molar-refractivity contribution >= 4 is 33.2 Å². The zero-order valence-electron chi connectivity index (χ0n) is 17.9. The van der Waals surface area contributed by atoms with E-state index in [1.54, 1.807) is 25.1 Å². The summed E-state index contributed by atoms with van der Waals surface area (Å²) in [6.07, 6.45) is 0. The average molecular weight is 493 g/mol. The number of nitrogens with one attached hydrogen (secondary N) is 1. The first kappa shape index (κ1) is 23.0. The van der Waals surface area contributed by atoms with Crippen LogP contribution >= 0.6 is 11.6 Å². The number of rotatable bonds is 8. The van der Waals surface area contributed by atoms with Crippen LogP contribution in [0.4, 0.5) is 5.69 Å². The first-order valence-corrected chi connectivity index (χ1v) is 11.9. The lowest BCUT2D eigenvalue weighted by Crippen LogP contribution is -2.38. The fourth-order valence-electron chi connectivity index (χ4n) is 3.33. The normalized spacial score (nSPS) is 13.5. The molecule has 0 saturated carbocycles. The Morgan fingerprint density at radius 1 is 1.27 bits per heavy atom. The smallest absolute Gasteiger partial charge is 0.265 e. The van der Waals surface area contributed by atoms with Crippen molar-refractivity contribution in [2.45, 2.75) is 31.8 Å². The minimum atomic E-state index is -4.00. The van der Waals surface area contributed by atoms with E-state index in [0.717, 1.165) is 0 Å². The lowest BCUT2D eigenvalue weighted by atomic mass is 10.2. The first-order chi connectivity index (χ1) is 15.8. The molecule has 12 heteroatoms. The number of carbonyl (C=O) groups is 1. The number of sulfonamides is 1. The second-order valence-electron chi connectivity index (χ2n) is 7.11. The van der Waals surface area contributed by atoms with Gasteiger partial charge in [-0.2, -0.15) is 4.98 Å². The Morgan fingerprint density at radius 3 is 2.79 bits per heavy atom. The third-order valence-electron chi connectivity index (χ3n) is 4.84. The number of aryl methyl sites for hydroxylation is 1. The number of amides is 1. The van der Waals surface area contributed by atoms with E-state index >= 15 is 0 Å². The van der Waals surface area contributed by atoms with Crippen molar-refractivity contribution in [3.8, 4) is 11.5 Å². The molecule has 0 bridgehead atoms. The van der Waals surface area contributed by atoms with Gasteiger partial charge in [0.15, 0.2) is 12.4 Å². The number of aromatic nitrogens is 2. The van der Waals surface area contributed by atoms with Crippen molar-refractivity contribution in [3.63, 3.8) is 0 Å². The summed E-state index contributed by atoms with van der Waals surface area (Å²) >= 11 is 6.34. The fourth-order valence-corrected chi connectivity index (χ4v) is 4.87. The summed E-state index contributed by atoms with van der Waals surface area (Å²) in [5.41, 5.74) is 1.000. The standard InChI is InChI=1S/C21H21ClN4O6S/c1-3-30-17-7-5-4-6-14(17)10-23-33(28,29)19-9-18-16(8-15(19)22)26(21(27)12-31-18)11-20-24-13(2)32-25-20/h4-9,23H,3,10-12H2,1-2H3. The Balaban J connectivity index is 1.60. The molecule has 1 aliphatic heterocycles. The minimum absolute atomic E-state index is 0.00850. The number of para-hydroxylation sites is 1. The highest BCUT2D eigenvalue weighted by Gasteiger charge is 2.30. The fraction of sp³-hybridized carbons (Fsp3) is 0.286. The van der Waals surface area contributed by atoms with Crippen molar-refractivity contribution in [1.82, 2.24) is 14.9 Å². The molecule has 0 spiro atoms. The first-order valence-electron chi connectivity index (χ1n) is 10.0. The van der Waals surface area contributed by atoms with Gasteiger partial charge in [0.1, 0.15) is 16.4 Å². The highest BCUT2D eigenvalue weighted by Crippen LogP contribution is 2.39. The quantitative estimate of drug-likeness (QED) is 0.509. The molecule has 2 heterocycles. The molecule has 1 N–H and O–H groups in total. The number of hydrogen-bond acceptors (Lipinski definition) is 8. The summed E-state index contributed by atoms with van der Waals surface area (Å²) in [7, 11) is -4.00. The van der Waals surface area contributed by atoms with Crippen LogP contribution in [-0.4, -0.2) is 37.7 Å². The lowest BCUT2D eigenvalue weighted by Gasteiger charge is -2.29. The SMILES string of the molecule is CCOc1ccccc1CNS(=O)(=O)c1cc2c(cc1Cl)N(Cc1noc(C)n1)C(=O)CO2. The van der Waals surface area contributed by atoms with E-state index in [9.17, 15) is 13.2 Å². The Morgan fingerprint density at radius 2 is 2.06 bits per heavy atom. The predicted octanol–water partition coefficient (Wildman–Crippen LogP) is 2.83. The van der Waals surface area contributed by atoms with E-state index in [2.05, 4.69) is 14.9 Å². The van der Waals surface area contributed by atoms with Gasteiger partial charge in [0.2, 0.25) is 15.9 Å². The predicted molar refractivity (Wildman–Crippen MR) is 119 cm³/mol. The van der Waals surface area contributed by atoms with Crippen molar-refractivity contribution in [3.05, 3.63) is 58.7 Å². The highest BCUT2D eigenvalue weighted by molar-refractivity contribution is 7.89. The van der Waals surface area contributed by atoms with E-state index in [1.807, 2.05) is 13.0 Å². The molecule has 0 unspecified atom stereocenters. The van der Waals surface area contributed by atoms with Gasteiger partial charge in [0.05, 0.1) is 23.9 Å². The average Bonchev–Trinajstić information content (AvgIpc) is 3.20. The van der Waals surface area contributed by atoms with Gasteiger partial charge in [0, 0.05) is 25.1 Å². The molecule has 0 atom stereocenters. The van der Waals surface area contributed by atoms with E-state index in [-0.39, 0.29) is 41.3 Å². The van der Waals surface area contributed by atoms with Crippen LogP contribution in [0.5, 0.6) is 11.5 Å². The Bertz CT molecular complexity index is 1290. The number of nitrogens with zero attached hydrogens (tertiary/aromatic N) is 3. The number of carbonyl (C=O) groups excluding carboxylic acids is 1. The molecule has 2 aromatic carbocycles. The number of fused-ring (bicyclic) bond motifs is 1. The van der Waals surface area contributed by atoms with Gasteiger partial charge in [-0.15, -0.1) is 0 Å². The van der Waals surface area contributed by atoms with Crippen LogP contribution in [-0.2, 0) is 27.9 Å². The summed E-state index contributed by atoms with van der Waals surface area (Å²) in [4.78, 5) is 17.7. The zero-order chi connectivity index (χ0) is 23.6. The van der Waals surface area contributed by atoms with Crippen LogP contribution in [0.2, 0.25) is 5.02 Å². The monoisotopic (exact) mass is 492 g/mol. The maximum Gasteiger partial charge on any atom is 0.265 e. The molecule has 1 aliphatic rings. The summed E-state index contributed by atoms with van der Waals surface area (Å²) in [5, 5.41) is 3.74. The van der Waals surface area contributed by atoms with Crippen LogP contribution in [0.25, 0.3) is 0 Å². The van der Waals surface area contributed by atoms with Gasteiger partial charge in [-0.1, -0.05) is 35.0 Å².